The number of hydrogen-bond acceptors (Lipinski definition) is 6. The first-order valence-corrected chi connectivity index (χ1v) is 12.4. The maximum atomic E-state index is 10.6. The quantitative estimate of drug-likeness (QED) is 0.371. The highest BCUT2D eigenvalue weighted by Gasteiger charge is 2.38. The number of para-hydroxylation sites is 2. The Bertz CT molecular complexity index is 1200. The average Bonchev–Trinajstić information content (AvgIpc) is 3.64. The third-order valence-corrected chi connectivity index (χ3v) is 6.53. The Morgan fingerprint density at radius 3 is 2.00 bits per heavy atom. The number of halogens is 6. The Kier molecular flexibility index (Phi) is 10.1. The summed E-state index contributed by atoms with van der Waals surface area (Å²) in [5.41, 5.74) is 3.39. The number of aliphatic carboxylic acids is 2. The molecule has 0 bridgehead atoms. The Balaban J connectivity index is 0.000000263. The molecule has 16 heteroatoms. The number of carboxylic acids is 2. The number of aromatic amines is 1. The van der Waals surface area contributed by atoms with Crippen LogP contribution in [0.25, 0.3) is 11.0 Å². The molecule has 2 aromatic heterocycles. The van der Waals surface area contributed by atoms with E-state index in [1.165, 1.54) is 31.4 Å². The van der Waals surface area contributed by atoms with E-state index in [1.807, 2.05) is 12.1 Å². The third-order valence-electron chi connectivity index (χ3n) is 6.53. The molecule has 0 atom stereocenters. The van der Waals surface area contributed by atoms with Gasteiger partial charge in [-0.25, -0.2) is 19.3 Å². The summed E-state index contributed by atoms with van der Waals surface area (Å²) in [4.78, 5) is 28.4. The molecule has 220 valence electrons. The van der Waals surface area contributed by atoms with Crippen molar-refractivity contribution in [2.45, 2.75) is 69.4 Å². The van der Waals surface area contributed by atoms with Gasteiger partial charge in [-0.05, 0) is 37.8 Å². The van der Waals surface area contributed by atoms with Crippen molar-refractivity contribution >= 4 is 23.0 Å². The van der Waals surface area contributed by atoms with E-state index >= 15 is 0 Å². The van der Waals surface area contributed by atoms with Crippen molar-refractivity contribution in [1.29, 1.82) is 0 Å². The molecular formula is C24H28F6N6O4. The first kappa shape index (κ1) is 30.8. The number of hydrogen-bond donors (Lipinski definition) is 3. The van der Waals surface area contributed by atoms with Crippen LogP contribution in [-0.4, -0.2) is 77.5 Å². The number of aromatic nitrogens is 5. The van der Waals surface area contributed by atoms with Gasteiger partial charge in [0.15, 0.2) is 0 Å². The number of likely N-dealkylation sites (tertiary alicyclic amines) is 1. The number of nitrogens with zero attached hydrogens (tertiary/aromatic N) is 5. The highest BCUT2D eigenvalue weighted by Crippen LogP contribution is 2.33. The van der Waals surface area contributed by atoms with Crippen LogP contribution < -0.4 is 0 Å². The lowest BCUT2D eigenvalue weighted by molar-refractivity contribution is -0.193. The van der Waals surface area contributed by atoms with Gasteiger partial charge in [0.25, 0.3) is 0 Å². The van der Waals surface area contributed by atoms with E-state index in [9.17, 15) is 26.3 Å². The molecular weight excluding hydrogens is 550 g/mol. The molecule has 0 radical (unpaired) electrons. The summed E-state index contributed by atoms with van der Waals surface area (Å²) < 4.78 is 65.6. The molecule has 3 aromatic rings. The Labute approximate surface area is 224 Å². The topological polar surface area (TPSA) is 137 Å². The molecule has 2 fully saturated rings. The molecule has 3 N–H and O–H groups in total. The zero-order valence-corrected chi connectivity index (χ0v) is 21.1. The number of carboxylic acid groups (broad SMARTS) is 2. The largest absolute Gasteiger partial charge is 0.490 e. The zero-order chi connectivity index (χ0) is 29.5. The van der Waals surface area contributed by atoms with Gasteiger partial charge in [-0.15, -0.1) is 5.10 Å². The second kappa shape index (κ2) is 13.1. The van der Waals surface area contributed by atoms with Crippen molar-refractivity contribution in [1.82, 2.24) is 29.9 Å². The van der Waals surface area contributed by atoms with Crippen molar-refractivity contribution in [2.75, 3.05) is 13.1 Å². The van der Waals surface area contributed by atoms with Crippen LogP contribution in [0.2, 0.25) is 0 Å². The van der Waals surface area contributed by atoms with E-state index in [0.29, 0.717) is 12.0 Å². The zero-order valence-electron chi connectivity index (χ0n) is 21.1. The second-order valence-corrected chi connectivity index (χ2v) is 9.42. The minimum atomic E-state index is -5.08. The van der Waals surface area contributed by atoms with Crippen LogP contribution in [-0.2, 0) is 16.1 Å². The van der Waals surface area contributed by atoms with Crippen molar-refractivity contribution in [2.24, 2.45) is 0 Å². The summed E-state index contributed by atoms with van der Waals surface area (Å²) in [6.45, 7) is 3.06. The van der Waals surface area contributed by atoms with Gasteiger partial charge < -0.3 is 15.2 Å². The van der Waals surface area contributed by atoms with E-state index in [4.69, 9.17) is 24.8 Å². The highest BCUT2D eigenvalue weighted by atomic mass is 19.4. The molecule has 1 aromatic carbocycles. The number of imidazole rings is 1. The van der Waals surface area contributed by atoms with Crippen LogP contribution in [0.4, 0.5) is 26.3 Å². The Morgan fingerprint density at radius 1 is 0.925 bits per heavy atom. The average molecular weight is 579 g/mol. The SMILES string of the molecule is O=C(O)C(F)(F)F.O=C(O)C(F)(F)F.c1ccc2[nH]c(CN3CCC(n4cc(C5CCCC5)nn4)CC3)nc2c1. The number of rotatable bonds is 4. The number of H-pyrrole nitrogens is 1. The standard InChI is InChI=1S/C20H26N6.2C2HF3O2/c1-2-6-15(5-1)19-13-26(24-23-19)16-9-11-25(12-10-16)14-20-21-17-7-3-4-8-18(17)22-20;2*3-2(4,5)1(6)7/h3-4,7-8,13,15-16H,1-2,5-6,9-12,14H2,(H,21,22);2*(H,6,7). The number of alkyl halides is 6. The van der Waals surface area contributed by atoms with Crippen LogP contribution in [0.15, 0.2) is 30.5 Å². The molecule has 5 rings (SSSR count). The number of piperidine rings is 1. The predicted octanol–water partition coefficient (Wildman–Crippen LogP) is 4.92. The van der Waals surface area contributed by atoms with Crippen LogP contribution >= 0.6 is 0 Å². The first-order chi connectivity index (χ1) is 18.7. The molecule has 10 nitrogen and oxygen atoms in total. The lowest BCUT2D eigenvalue weighted by Gasteiger charge is -2.31. The molecule has 0 spiro atoms. The molecule has 1 saturated carbocycles. The molecule has 1 saturated heterocycles. The summed E-state index contributed by atoms with van der Waals surface area (Å²) in [5, 5.41) is 23.2. The fourth-order valence-electron chi connectivity index (χ4n) is 4.51. The minimum Gasteiger partial charge on any atom is -0.475 e. The van der Waals surface area contributed by atoms with E-state index < -0.39 is 24.3 Å². The van der Waals surface area contributed by atoms with Crippen molar-refractivity contribution in [3.8, 4) is 0 Å². The molecule has 0 amide bonds. The van der Waals surface area contributed by atoms with Gasteiger partial charge in [-0.1, -0.05) is 30.2 Å². The van der Waals surface area contributed by atoms with Crippen LogP contribution in [0, 0.1) is 0 Å². The summed E-state index contributed by atoms with van der Waals surface area (Å²) in [7, 11) is 0. The molecule has 3 heterocycles. The normalized spacial score (nSPS) is 17.1. The van der Waals surface area contributed by atoms with Crippen LogP contribution in [0.1, 0.15) is 62.0 Å². The number of fused-ring (bicyclic) bond motifs is 1. The number of benzene rings is 1. The maximum absolute atomic E-state index is 10.6. The summed E-state index contributed by atoms with van der Waals surface area (Å²) in [6.07, 6.45) is -0.421. The summed E-state index contributed by atoms with van der Waals surface area (Å²) in [5.74, 6) is -3.80. The van der Waals surface area contributed by atoms with Crippen LogP contribution in [0.3, 0.4) is 0 Å². The van der Waals surface area contributed by atoms with E-state index in [0.717, 1.165) is 49.3 Å². The monoisotopic (exact) mass is 578 g/mol. The summed E-state index contributed by atoms with van der Waals surface area (Å²) >= 11 is 0. The first-order valence-electron chi connectivity index (χ1n) is 12.4. The second-order valence-electron chi connectivity index (χ2n) is 9.42. The van der Waals surface area contributed by atoms with E-state index in [-0.39, 0.29) is 0 Å². The van der Waals surface area contributed by atoms with Gasteiger partial charge in [0.2, 0.25) is 0 Å². The van der Waals surface area contributed by atoms with E-state index in [1.54, 1.807) is 0 Å². The van der Waals surface area contributed by atoms with Gasteiger partial charge in [0.05, 0.1) is 29.3 Å². The van der Waals surface area contributed by atoms with Crippen LogP contribution in [0.5, 0.6) is 0 Å². The minimum absolute atomic E-state index is 0.490. The van der Waals surface area contributed by atoms with Gasteiger partial charge >= 0.3 is 24.3 Å². The Morgan fingerprint density at radius 2 is 1.48 bits per heavy atom. The fraction of sp³-hybridized carbons (Fsp3) is 0.542. The van der Waals surface area contributed by atoms with E-state index in [2.05, 4.69) is 43.2 Å². The third kappa shape index (κ3) is 8.93. The lowest BCUT2D eigenvalue weighted by Crippen LogP contribution is -2.34. The molecule has 1 aliphatic heterocycles. The highest BCUT2D eigenvalue weighted by molar-refractivity contribution is 5.74. The maximum Gasteiger partial charge on any atom is 0.490 e. The van der Waals surface area contributed by atoms with Crippen molar-refractivity contribution in [3.63, 3.8) is 0 Å². The van der Waals surface area contributed by atoms with Gasteiger partial charge in [0.1, 0.15) is 5.82 Å². The fourth-order valence-corrected chi connectivity index (χ4v) is 4.51. The molecule has 2 aliphatic rings. The molecule has 1 aliphatic carbocycles. The van der Waals surface area contributed by atoms with Crippen molar-refractivity contribution < 1.29 is 46.1 Å². The summed E-state index contributed by atoms with van der Waals surface area (Å²) in [6, 6.07) is 8.73. The van der Waals surface area contributed by atoms with Crippen molar-refractivity contribution in [3.05, 3.63) is 42.0 Å². The van der Waals surface area contributed by atoms with Gasteiger partial charge in [0, 0.05) is 25.2 Å². The Hall–Kier alpha value is -3.69. The number of carbonyl (C=O) groups is 2. The molecule has 0 unspecified atom stereocenters. The predicted molar refractivity (Wildman–Crippen MR) is 128 cm³/mol. The lowest BCUT2D eigenvalue weighted by atomic mass is 10.0. The van der Waals surface area contributed by atoms with Gasteiger partial charge in [-0.3, -0.25) is 4.90 Å². The smallest absolute Gasteiger partial charge is 0.475 e. The molecule has 40 heavy (non-hydrogen) atoms. The number of nitrogens with one attached hydrogen (secondary N) is 1. The van der Waals surface area contributed by atoms with Gasteiger partial charge in [-0.2, -0.15) is 26.3 Å².